The average molecular weight is 189 g/mol. The summed E-state index contributed by atoms with van der Waals surface area (Å²) < 4.78 is 1.97. The number of nitrogens with zero attached hydrogens (tertiary/aromatic N) is 3. The van der Waals surface area contributed by atoms with Crippen LogP contribution >= 0.6 is 0 Å². The van der Waals surface area contributed by atoms with Crippen molar-refractivity contribution in [1.29, 1.82) is 5.26 Å². The van der Waals surface area contributed by atoms with Gasteiger partial charge in [-0.15, -0.1) is 0 Å². The summed E-state index contributed by atoms with van der Waals surface area (Å²) >= 11 is 0. The largest absolute Gasteiger partial charge is 0.337 e. The Balaban J connectivity index is 2.40. The van der Waals surface area contributed by atoms with Gasteiger partial charge < -0.3 is 4.57 Å². The second-order valence-corrected chi connectivity index (χ2v) is 4.40. The van der Waals surface area contributed by atoms with Gasteiger partial charge in [-0.3, -0.25) is 0 Å². The van der Waals surface area contributed by atoms with Gasteiger partial charge >= 0.3 is 0 Å². The van der Waals surface area contributed by atoms with Crippen LogP contribution in [-0.2, 0) is 12.5 Å². The molecule has 1 aliphatic carbocycles. The van der Waals surface area contributed by atoms with E-state index in [1.165, 1.54) is 0 Å². The Labute approximate surface area is 84.4 Å². The van der Waals surface area contributed by atoms with E-state index in [0.29, 0.717) is 5.92 Å². The zero-order valence-electron chi connectivity index (χ0n) is 8.70. The summed E-state index contributed by atoms with van der Waals surface area (Å²) in [7, 11) is 1.96. The van der Waals surface area contributed by atoms with Crippen molar-refractivity contribution in [1.82, 2.24) is 9.55 Å². The van der Waals surface area contributed by atoms with Crippen LogP contribution in [0.3, 0.4) is 0 Å². The van der Waals surface area contributed by atoms with E-state index in [2.05, 4.69) is 18.0 Å². The zero-order valence-corrected chi connectivity index (χ0v) is 8.70. The van der Waals surface area contributed by atoms with Crippen LogP contribution in [0.5, 0.6) is 0 Å². The molecule has 74 valence electrons. The third-order valence-electron chi connectivity index (χ3n) is 3.22. The predicted octanol–water partition coefficient (Wildman–Crippen LogP) is 2.00. The Hall–Kier alpha value is -1.30. The molecule has 0 bridgehead atoms. The SMILES string of the molecule is CC1CCC(C#N)(c2nccn2C)C1. The second-order valence-electron chi connectivity index (χ2n) is 4.40. The highest BCUT2D eigenvalue weighted by Gasteiger charge is 2.42. The van der Waals surface area contributed by atoms with E-state index in [1.807, 2.05) is 17.8 Å². The summed E-state index contributed by atoms with van der Waals surface area (Å²) in [5.74, 6) is 1.58. The van der Waals surface area contributed by atoms with E-state index in [4.69, 9.17) is 0 Å². The molecule has 0 amide bonds. The minimum Gasteiger partial charge on any atom is -0.337 e. The first kappa shape index (κ1) is 9.26. The van der Waals surface area contributed by atoms with Crippen LogP contribution in [0, 0.1) is 17.2 Å². The first-order valence-electron chi connectivity index (χ1n) is 5.07. The fraction of sp³-hybridized carbons (Fsp3) is 0.636. The molecule has 1 aliphatic rings. The van der Waals surface area contributed by atoms with Crippen LogP contribution in [0.4, 0.5) is 0 Å². The fourth-order valence-electron chi connectivity index (χ4n) is 2.47. The summed E-state index contributed by atoms with van der Waals surface area (Å²) in [6.45, 7) is 2.21. The molecule has 1 fully saturated rings. The lowest BCUT2D eigenvalue weighted by molar-refractivity contribution is 0.488. The topological polar surface area (TPSA) is 41.6 Å². The van der Waals surface area contributed by atoms with Gasteiger partial charge in [-0.1, -0.05) is 6.92 Å². The van der Waals surface area contributed by atoms with Crippen molar-refractivity contribution in [3.8, 4) is 6.07 Å². The van der Waals surface area contributed by atoms with Gasteiger partial charge in [0.1, 0.15) is 11.2 Å². The molecule has 2 unspecified atom stereocenters. The second kappa shape index (κ2) is 3.13. The van der Waals surface area contributed by atoms with E-state index in [9.17, 15) is 5.26 Å². The molecule has 0 N–H and O–H groups in total. The van der Waals surface area contributed by atoms with Crippen LogP contribution < -0.4 is 0 Å². The highest BCUT2D eigenvalue weighted by Crippen LogP contribution is 2.42. The number of nitriles is 1. The van der Waals surface area contributed by atoms with Crippen molar-refractivity contribution >= 4 is 0 Å². The highest BCUT2D eigenvalue weighted by atomic mass is 15.0. The van der Waals surface area contributed by atoms with Gasteiger partial charge in [0.25, 0.3) is 0 Å². The van der Waals surface area contributed by atoms with Crippen LogP contribution in [0.2, 0.25) is 0 Å². The number of rotatable bonds is 1. The van der Waals surface area contributed by atoms with Gasteiger partial charge in [-0.25, -0.2) is 4.98 Å². The molecule has 1 saturated carbocycles. The summed E-state index contributed by atoms with van der Waals surface area (Å²) in [5.41, 5.74) is -0.322. The molecule has 0 spiro atoms. The number of aryl methyl sites for hydroxylation is 1. The summed E-state index contributed by atoms with van der Waals surface area (Å²) in [6, 6.07) is 2.47. The maximum Gasteiger partial charge on any atom is 0.128 e. The average Bonchev–Trinajstić information content (AvgIpc) is 2.73. The minimum absolute atomic E-state index is 0.322. The van der Waals surface area contributed by atoms with E-state index < -0.39 is 0 Å². The summed E-state index contributed by atoms with van der Waals surface area (Å²) in [5, 5.41) is 9.33. The van der Waals surface area contributed by atoms with E-state index in [-0.39, 0.29) is 5.41 Å². The summed E-state index contributed by atoms with van der Waals surface area (Å²) in [4.78, 5) is 4.32. The van der Waals surface area contributed by atoms with Gasteiger partial charge in [0.2, 0.25) is 0 Å². The first-order valence-corrected chi connectivity index (χ1v) is 5.07. The molecule has 1 heterocycles. The third-order valence-corrected chi connectivity index (χ3v) is 3.22. The van der Waals surface area contributed by atoms with E-state index in [1.54, 1.807) is 6.20 Å². The molecule has 2 rings (SSSR count). The zero-order chi connectivity index (χ0) is 10.2. The normalized spacial score (nSPS) is 31.6. The van der Waals surface area contributed by atoms with Crippen molar-refractivity contribution in [2.45, 2.75) is 31.6 Å². The Morgan fingerprint density at radius 1 is 1.71 bits per heavy atom. The molecular weight excluding hydrogens is 174 g/mol. The number of imidazole rings is 1. The van der Waals surface area contributed by atoms with E-state index >= 15 is 0 Å². The Bertz CT molecular complexity index is 374. The fourth-order valence-corrected chi connectivity index (χ4v) is 2.47. The van der Waals surface area contributed by atoms with Crippen molar-refractivity contribution in [3.05, 3.63) is 18.2 Å². The van der Waals surface area contributed by atoms with Gasteiger partial charge in [0.05, 0.1) is 6.07 Å². The Morgan fingerprint density at radius 3 is 2.93 bits per heavy atom. The van der Waals surface area contributed by atoms with Crippen molar-refractivity contribution < 1.29 is 0 Å². The molecule has 2 atom stereocenters. The maximum absolute atomic E-state index is 9.33. The molecule has 14 heavy (non-hydrogen) atoms. The number of hydrogen-bond acceptors (Lipinski definition) is 2. The van der Waals surface area contributed by atoms with Crippen LogP contribution in [0.25, 0.3) is 0 Å². The van der Waals surface area contributed by atoms with Crippen LogP contribution in [0.15, 0.2) is 12.4 Å². The molecular formula is C11H15N3. The molecule has 1 aromatic heterocycles. The van der Waals surface area contributed by atoms with Crippen molar-refractivity contribution in [3.63, 3.8) is 0 Å². The lowest BCUT2D eigenvalue weighted by Gasteiger charge is -2.19. The number of hydrogen-bond donors (Lipinski definition) is 0. The van der Waals surface area contributed by atoms with Gasteiger partial charge in [0.15, 0.2) is 0 Å². The predicted molar refractivity (Wildman–Crippen MR) is 53.5 cm³/mol. The van der Waals surface area contributed by atoms with Gasteiger partial charge in [0, 0.05) is 19.4 Å². The van der Waals surface area contributed by atoms with Crippen LogP contribution in [0.1, 0.15) is 32.0 Å². The third kappa shape index (κ3) is 1.22. The van der Waals surface area contributed by atoms with Crippen LogP contribution in [-0.4, -0.2) is 9.55 Å². The molecule has 1 aromatic rings. The molecule has 0 radical (unpaired) electrons. The minimum atomic E-state index is -0.322. The van der Waals surface area contributed by atoms with E-state index in [0.717, 1.165) is 25.1 Å². The molecule has 0 aromatic carbocycles. The van der Waals surface area contributed by atoms with Gasteiger partial charge in [-0.05, 0) is 25.2 Å². The van der Waals surface area contributed by atoms with Gasteiger partial charge in [-0.2, -0.15) is 5.26 Å². The Morgan fingerprint density at radius 2 is 2.50 bits per heavy atom. The summed E-state index contributed by atoms with van der Waals surface area (Å²) in [6.07, 6.45) is 6.74. The quantitative estimate of drug-likeness (QED) is 0.678. The molecule has 3 heteroatoms. The molecule has 0 saturated heterocycles. The monoisotopic (exact) mass is 189 g/mol. The maximum atomic E-state index is 9.33. The smallest absolute Gasteiger partial charge is 0.128 e. The number of aromatic nitrogens is 2. The Kier molecular flexibility index (Phi) is 2.07. The molecule has 3 nitrogen and oxygen atoms in total. The first-order chi connectivity index (χ1) is 6.68. The molecule has 0 aliphatic heterocycles. The lowest BCUT2D eigenvalue weighted by Crippen LogP contribution is -2.24. The highest BCUT2D eigenvalue weighted by molar-refractivity contribution is 5.24. The standard InChI is InChI=1S/C11H15N3/c1-9-3-4-11(7-9,8-12)10-13-5-6-14(10)2/h5-6,9H,3-4,7H2,1-2H3. The van der Waals surface area contributed by atoms with Crippen molar-refractivity contribution in [2.24, 2.45) is 13.0 Å². The lowest BCUT2D eigenvalue weighted by atomic mass is 9.86. The van der Waals surface area contributed by atoms with Crippen molar-refractivity contribution in [2.75, 3.05) is 0 Å².